The van der Waals surface area contributed by atoms with Gasteiger partial charge in [-0.1, -0.05) is 43.0 Å². The Balaban J connectivity index is 0.00000280. The fourth-order valence-electron chi connectivity index (χ4n) is 4.97. The first-order valence-corrected chi connectivity index (χ1v) is 12.5. The predicted octanol–water partition coefficient (Wildman–Crippen LogP) is 5.40. The molecule has 0 radical (unpaired) electrons. The summed E-state index contributed by atoms with van der Waals surface area (Å²) in [5.74, 6) is 0.636. The van der Waals surface area contributed by atoms with Gasteiger partial charge in [-0.2, -0.15) is 18.6 Å². The average molecular weight is 739 g/mol. The van der Waals surface area contributed by atoms with E-state index in [1.807, 2.05) is 24.3 Å². The first kappa shape index (κ1) is 25.8. The Bertz CT molecular complexity index is 1440. The molecule has 1 amide bonds. The zero-order valence-electron chi connectivity index (χ0n) is 19.8. The molecule has 0 fully saturated rings. The maximum absolute atomic E-state index is 14.3. The SMILES string of the molecule is C=C1N[C@@H](c2cc(F)ccc2[CH2-])c2c(NC(=O)C3C=NSCc4ccccc43)cc3c(c21)OCCO3.[U]. The second-order valence-corrected chi connectivity index (χ2v) is 9.59. The van der Waals surface area contributed by atoms with Crippen LogP contribution in [0.5, 0.6) is 11.5 Å². The van der Waals surface area contributed by atoms with E-state index < -0.39 is 12.0 Å². The molecule has 3 heterocycles. The van der Waals surface area contributed by atoms with E-state index in [0.717, 1.165) is 16.7 Å². The zero-order valence-corrected chi connectivity index (χ0v) is 24.8. The summed E-state index contributed by atoms with van der Waals surface area (Å²) >= 11 is 1.41. The van der Waals surface area contributed by atoms with Crippen molar-refractivity contribution in [1.82, 2.24) is 5.32 Å². The molecule has 0 aromatic heterocycles. The van der Waals surface area contributed by atoms with E-state index in [0.29, 0.717) is 58.5 Å². The van der Waals surface area contributed by atoms with Gasteiger partial charge in [-0.15, -0.1) is 5.56 Å². The third-order valence-electron chi connectivity index (χ3n) is 6.64. The molecule has 3 aliphatic rings. The van der Waals surface area contributed by atoms with Gasteiger partial charge in [0, 0.05) is 77.7 Å². The summed E-state index contributed by atoms with van der Waals surface area (Å²) < 4.78 is 30.5. The van der Waals surface area contributed by atoms with Crippen molar-refractivity contribution >= 4 is 35.5 Å². The van der Waals surface area contributed by atoms with Crippen molar-refractivity contribution in [3.05, 3.63) is 101 Å². The molecular weight excluding hydrogens is 715 g/mol. The van der Waals surface area contributed by atoms with E-state index in [2.05, 4.69) is 28.5 Å². The van der Waals surface area contributed by atoms with Gasteiger partial charge in [-0.25, -0.2) is 8.79 Å². The largest absolute Gasteiger partial charge is 0.486 e. The Hall–Kier alpha value is -2.86. The topological polar surface area (TPSA) is 72.0 Å². The fraction of sp³-hybridized carbons (Fsp3) is 0.179. The van der Waals surface area contributed by atoms with E-state index in [1.54, 1.807) is 18.3 Å². The maximum Gasteiger partial charge on any atom is 0.237 e. The molecule has 186 valence electrons. The molecule has 2 atom stereocenters. The van der Waals surface area contributed by atoms with Gasteiger partial charge >= 0.3 is 0 Å². The molecule has 0 spiro atoms. The molecule has 3 aliphatic heterocycles. The van der Waals surface area contributed by atoms with Crippen molar-refractivity contribution in [3.63, 3.8) is 0 Å². The van der Waals surface area contributed by atoms with Crippen molar-refractivity contribution in [3.8, 4) is 11.5 Å². The van der Waals surface area contributed by atoms with Crippen LogP contribution in [0.2, 0.25) is 0 Å². The second kappa shape index (κ2) is 10.5. The summed E-state index contributed by atoms with van der Waals surface area (Å²) in [6.07, 6.45) is 1.68. The van der Waals surface area contributed by atoms with Gasteiger partial charge in [0.15, 0.2) is 11.5 Å². The van der Waals surface area contributed by atoms with Gasteiger partial charge in [-0.3, -0.25) is 4.79 Å². The summed E-state index contributed by atoms with van der Waals surface area (Å²) in [6, 6.07) is 13.6. The first-order valence-electron chi connectivity index (χ1n) is 11.6. The van der Waals surface area contributed by atoms with Crippen LogP contribution in [-0.2, 0) is 10.5 Å². The van der Waals surface area contributed by atoms with E-state index >= 15 is 0 Å². The van der Waals surface area contributed by atoms with Crippen molar-refractivity contribution in [2.24, 2.45) is 4.40 Å². The minimum atomic E-state index is -0.561. The van der Waals surface area contributed by atoms with Crippen LogP contribution >= 0.6 is 11.9 Å². The molecule has 37 heavy (non-hydrogen) atoms. The maximum atomic E-state index is 14.3. The third kappa shape index (κ3) is 4.65. The number of amides is 1. The Morgan fingerprint density at radius 1 is 1.16 bits per heavy atom. The van der Waals surface area contributed by atoms with Gasteiger partial charge in [0.1, 0.15) is 13.2 Å². The first-order chi connectivity index (χ1) is 17.5. The molecule has 0 aliphatic carbocycles. The van der Waals surface area contributed by atoms with Gasteiger partial charge in [0.2, 0.25) is 5.91 Å². The van der Waals surface area contributed by atoms with Crippen LogP contribution in [0.4, 0.5) is 10.1 Å². The van der Waals surface area contributed by atoms with Crippen LogP contribution in [-0.4, -0.2) is 25.3 Å². The molecule has 0 bridgehead atoms. The summed E-state index contributed by atoms with van der Waals surface area (Å²) in [4.78, 5) is 13.7. The van der Waals surface area contributed by atoms with Crippen LogP contribution < -0.4 is 20.1 Å². The number of carbonyl (C=O) groups excluding carboxylic acids is 1. The van der Waals surface area contributed by atoms with E-state index in [1.165, 1.54) is 24.1 Å². The second-order valence-electron chi connectivity index (χ2n) is 8.83. The number of nitrogens with one attached hydrogen (secondary N) is 2. The van der Waals surface area contributed by atoms with Crippen LogP contribution in [0, 0.1) is 43.9 Å². The van der Waals surface area contributed by atoms with Crippen molar-refractivity contribution < 1.29 is 49.8 Å². The number of benzene rings is 3. The summed E-state index contributed by atoms with van der Waals surface area (Å²) in [5, 5.41) is 6.47. The molecule has 0 saturated heterocycles. The number of ether oxygens (including phenoxy) is 2. The Morgan fingerprint density at radius 3 is 2.84 bits per heavy atom. The van der Waals surface area contributed by atoms with Crippen molar-refractivity contribution in [1.29, 1.82) is 0 Å². The molecule has 9 heteroatoms. The number of rotatable bonds is 3. The molecule has 1 unspecified atom stereocenters. The number of hydrogen-bond donors (Lipinski definition) is 2. The van der Waals surface area contributed by atoms with Crippen molar-refractivity contribution in [2.45, 2.75) is 17.7 Å². The summed E-state index contributed by atoms with van der Waals surface area (Å²) in [6.45, 7) is 9.08. The van der Waals surface area contributed by atoms with Crippen LogP contribution in [0.3, 0.4) is 0 Å². The van der Waals surface area contributed by atoms with E-state index in [4.69, 9.17) is 9.47 Å². The summed E-state index contributed by atoms with van der Waals surface area (Å²) in [7, 11) is 0. The molecule has 3 aromatic carbocycles. The average Bonchev–Trinajstić information content (AvgIpc) is 3.08. The number of anilines is 1. The monoisotopic (exact) mass is 738 g/mol. The summed E-state index contributed by atoms with van der Waals surface area (Å²) in [5.41, 5.74) is 5.91. The minimum Gasteiger partial charge on any atom is -0.486 e. The van der Waals surface area contributed by atoms with Gasteiger partial charge in [0.05, 0.1) is 11.7 Å². The standard InChI is InChI=1S/C28H23FN3O3S.U/c1-15-7-8-18(29)11-20(15)26-25-22(12-23-27(35-10-9-34-23)24(25)16(2)31-26)32-28(33)21-13-30-36-14-17-5-3-4-6-19(17)21;/h3-8,11-13,21,26,31H,1-2,9-10,14H2,(H,32,33);/q-1;/t21?,26-;/m0./s1. The number of nitrogens with zero attached hydrogens (tertiary/aromatic N) is 1. The Labute approximate surface area is 242 Å². The van der Waals surface area contributed by atoms with Crippen LogP contribution in [0.25, 0.3) is 5.70 Å². The van der Waals surface area contributed by atoms with E-state index in [-0.39, 0.29) is 42.8 Å². The number of carbonyl (C=O) groups is 1. The number of hydrogen-bond acceptors (Lipinski definition) is 6. The fourth-order valence-corrected chi connectivity index (χ4v) is 5.65. The van der Waals surface area contributed by atoms with Crippen LogP contribution in [0.15, 0.2) is 59.5 Å². The van der Waals surface area contributed by atoms with Crippen LogP contribution in [0.1, 0.15) is 45.3 Å². The molecule has 2 N–H and O–H groups in total. The minimum absolute atomic E-state index is 0. The number of fused-ring (bicyclic) bond motifs is 4. The normalized spacial score (nSPS) is 19.1. The predicted molar refractivity (Wildman–Crippen MR) is 140 cm³/mol. The van der Waals surface area contributed by atoms with Crippen molar-refractivity contribution in [2.75, 3.05) is 18.5 Å². The molecule has 0 saturated carbocycles. The van der Waals surface area contributed by atoms with Gasteiger partial charge in [-0.05, 0) is 23.1 Å². The van der Waals surface area contributed by atoms with Gasteiger partial charge in [0.25, 0.3) is 0 Å². The Morgan fingerprint density at radius 2 is 1.97 bits per heavy atom. The molecule has 6 nitrogen and oxygen atoms in total. The molecule has 6 rings (SSSR count). The molecular formula is C28H23FN3O3SU-. The quantitative estimate of drug-likeness (QED) is 0.279. The molecule has 3 aromatic rings. The Kier molecular flexibility index (Phi) is 7.31. The van der Waals surface area contributed by atoms with Gasteiger partial charge < -0.3 is 20.1 Å². The number of halogens is 1. The zero-order chi connectivity index (χ0) is 24.8. The smallest absolute Gasteiger partial charge is 0.237 e. The third-order valence-corrected chi connectivity index (χ3v) is 7.35. The van der Waals surface area contributed by atoms with E-state index in [9.17, 15) is 9.18 Å².